The standard InChI is InChI=1S/C15H20N4O/c20-12-15-10-16-13-19(15)18-8-6-17(7-9-18)11-14-4-2-1-3-5-14/h1-5,10,13,20H,6-9,11-12H2. The van der Waals surface area contributed by atoms with Crippen molar-refractivity contribution in [2.45, 2.75) is 13.2 Å². The third-order valence-electron chi connectivity index (χ3n) is 3.76. The maximum absolute atomic E-state index is 9.29. The molecule has 0 amide bonds. The van der Waals surface area contributed by atoms with Crippen molar-refractivity contribution in [2.75, 3.05) is 31.2 Å². The minimum atomic E-state index is 0.0320. The van der Waals surface area contributed by atoms with Gasteiger partial charge in [-0.1, -0.05) is 30.3 Å². The number of aliphatic hydroxyl groups is 1. The van der Waals surface area contributed by atoms with E-state index in [0.29, 0.717) is 0 Å². The van der Waals surface area contributed by atoms with E-state index in [1.165, 1.54) is 5.56 Å². The summed E-state index contributed by atoms with van der Waals surface area (Å²) in [5.41, 5.74) is 2.21. The van der Waals surface area contributed by atoms with Crippen LogP contribution in [0.4, 0.5) is 0 Å². The Balaban J connectivity index is 1.57. The van der Waals surface area contributed by atoms with Crippen LogP contribution in [-0.4, -0.2) is 45.8 Å². The molecule has 1 aromatic heterocycles. The quantitative estimate of drug-likeness (QED) is 0.895. The number of rotatable bonds is 4. The number of hydrogen-bond donors (Lipinski definition) is 1. The highest BCUT2D eigenvalue weighted by Crippen LogP contribution is 2.09. The Morgan fingerprint density at radius 2 is 1.80 bits per heavy atom. The molecule has 5 nitrogen and oxygen atoms in total. The van der Waals surface area contributed by atoms with Crippen LogP contribution in [-0.2, 0) is 13.2 Å². The zero-order chi connectivity index (χ0) is 13.8. The van der Waals surface area contributed by atoms with E-state index in [0.717, 1.165) is 38.4 Å². The second-order valence-electron chi connectivity index (χ2n) is 5.10. The highest BCUT2D eigenvalue weighted by atomic mass is 16.3. The highest BCUT2D eigenvalue weighted by molar-refractivity contribution is 5.15. The van der Waals surface area contributed by atoms with Crippen LogP contribution in [0.1, 0.15) is 11.3 Å². The second-order valence-corrected chi connectivity index (χ2v) is 5.10. The normalized spacial score (nSPS) is 16.6. The summed E-state index contributed by atoms with van der Waals surface area (Å²) >= 11 is 0. The minimum Gasteiger partial charge on any atom is -0.390 e. The van der Waals surface area contributed by atoms with Gasteiger partial charge in [-0.3, -0.25) is 4.90 Å². The Morgan fingerprint density at radius 3 is 2.50 bits per heavy atom. The average molecular weight is 272 g/mol. The third kappa shape index (κ3) is 2.84. The van der Waals surface area contributed by atoms with E-state index in [4.69, 9.17) is 0 Å². The summed E-state index contributed by atoms with van der Waals surface area (Å²) in [4.78, 5) is 6.56. The van der Waals surface area contributed by atoms with Crippen molar-refractivity contribution >= 4 is 0 Å². The average Bonchev–Trinajstić information content (AvgIpc) is 2.98. The molecule has 1 fully saturated rings. The van der Waals surface area contributed by atoms with Crippen LogP contribution in [0.2, 0.25) is 0 Å². The monoisotopic (exact) mass is 272 g/mol. The lowest BCUT2D eigenvalue weighted by Gasteiger charge is -2.36. The van der Waals surface area contributed by atoms with Crippen molar-refractivity contribution < 1.29 is 5.11 Å². The van der Waals surface area contributed by atoms with Gasteiger partial charge in [0.15, 0.2) is 0 Å². The molecule has 0 spiro atoms. The topological polar surface area (TPSA) is 44.5 Å². The van der Waals surface area contributed by atoms with Crippen LogP contribution in [0.5, 0.6) is 0 Å². The summed E-state index contributed by atoms with van der Waals surface area (Å²) in [5, 5.41) is 11.5. The molecule has 0 aliphatic carbocycles. The van der Waals surface area contributed by atoms with Crippen LogP contribution in [0, 0.1) is 0 Å². The molecule has 0 radical (unpaired) electrons. The van der Waals surface area contributed by atoms with Gasteiger partial charge in [-0.05, 0) is 5.56 Å². The number of nitrogens with zero attached hydrogens (tertiary/aromatic N) is 4. The van der Waals surface area contributed by atoms with E-state index >= 15 is 0 Å². The van der Waals surface area contributed by atoms with E-state index < -0.39 is 0 Å². The van der Waals surface area contributed by atoms with E-state index in [1.807, 2.05) is 4.68 Å². The molecule has 20 heavy (non-hydrogen) atoms. The molecule has 0 bridgehead atoms. The van der Waals surface area contributed by atoms with Gasteiger partial charge in [-0.2, -0.15) is 0 Å². The zero-order valence-corrected chi connectivity index (χ0v) is 11.5. The van der Waals surface area contributed by atoms with Gasteiger partial charge < -0.3 is 10.1 Å². The fraction of sp³-hybridized carbons (Fsp3) is 0.400. The molecule has 1 N–H and O–H groups in total. The van der Waals surface area contributed by atoms with Gasteiger partial charge in [0.05, 0.1) is 18.5 Å². The van der Waals surface area contributed by atoms with Crippen LogP contribution < -0.4 is 5.01 Å². The first-order chi connectivity index (χ1) is 9.86. The van der Waals surface area contributed by atoms with Crippen LogP contribution in [0.15, 0.2) is 42.9 Å². The van der Waals surface area contributed by atoms with Crippen LogP contribution in [0.3, 0.4) is 0 Å². The van der Waals surface area contributed by atoms with E-state index in [1.54, 1.807) is 12.5 Å². The molecule has 0 unspecified atom stereocenters. The van der Waals surface area contributed by atoms with Crippen molar-refractivity contribution in [3.8, 4) is 0 Å². The summed E-state index contributed by atoms with van der Waals surface area (Å²) in [6, 6.07) is 10.6. The van der Waals surface area contributed by atoms with Crippen molar-refractivity contribution in [3.05, 3.63) is 54.1 Å². The molecule has 106 valence electrons. The molecule has 3 rings (SSSR count). The number of benzene rings is 1. The van der Waals surface area contributed by atoms with Crippen LogP contribution in [0.25, 0.3) is 0 Å². The van der Waals surface area contributed by atoms with E-state index in [-0.39, 0.29) is 6.61 Å². The summed E-state index contributed by atoms with van der Waals surface area (Å²) in [7, 11) is 0. The third-order valence-corrected chi connectivity index (χ3v) is 3.76. The van der Waals surface area contributed by atoms with Crippen molar-refractivity contribution in [2.24, 2.45) is 0 Å². The minimum absolute atomic E-state index is 0.0320. The molecule has 1 saturated heterocycles. The molecule has 0 saturated carbocycles. The van der Waals surface area contributed by atoms with Gasteiger partial charge in [0, 0.05) is 32.7 Å². The Bertz CT molecular complexity index is 532. The molecule has 0 atom stereocenters. The second kappa shape index (κ2) is 6.07. The zero-order valence-electron chi connectivity index (χ0n) is 11.5. The number of hydrogen-bond acceptors (Lipinski definition) is 4. The van der Waals surface area contributed by atoms with Gasteiger partial charge in [0.25, 0.3) is 0 Å². The van der Waals surface area contributed by atoms with Gasteiger partial charge in [0.2, 0.25) is 0 Å². The smallest absolute Gasteiger partial charge is 0.115 e. The fourth-order valence-corrected chi connectivity index (χ4v) is 2.64. The highest BCUT2D eigenvalue weighted by Gasteiger charge is 2.18. The molecular formula is C15H20N4O. The molecule has 5 heteroatoms. The first kappa shape index (κ1) is 13.1. The number of aliphatic hydroxyl groups excluding tert-OH is 1. The maximum atomic E-state index is 9.29. The first-order valence-electron chi connectivity index (χ1n) is 7.00. The number of aromatic nitrogens is 2. The number of piperazine rings is 1. The Labute approximate surface area is 119 Å². The fourth-order valence-electron chi connectivity index (χ4n) is 2.64. The summed E-state index contributed by atoms with van der Waals surface area (Å²) in [6.07, 6.45) is 3.49. The Hall–Kier alpha value is -1.85. The van der Waals surface area contributed by atoms with Crippen LogP contribution >= 0.6 is 0 Å². The van der Waals surface area contributed by atoms with E-state index in [9.17, 15) is 5.11 Å². The summed E-state index contributed by atoms with van der Waals surface area (Å²) < 4.78 is 1.97. The predicted molar refractivity (Wildman–Crippen MR) is 77.8 cm³/mol. The lowest BCUT2D eigenvalue weighted by Crippen LogP contribution is -2.51. The van der Waals surface area contributed by atoms with Crippen molar-refractivity contribution in [3.63, 3.8) is 0 Å². The molecular weight excluding hydrogens is 252 g/mol. The summed E-state index contributed by atoms with van der Waals surface area (Å²) in [6.45, 7) is 5.00. The Morgan fingerprint density at radius 1 is 1.05 bits per heavy atom. The molecule has 1 aliphatic heterocycles. The maximum Gasteiger partial charge on any atom is 0.115 e. The first-order valence-corrected chi connectivity index (χ1v) is 7.00. The lowest BCUT2D eigenvalue weighted by molar-refractivity contribution is 0.224. The predicted octanol–water partition coefficient (Wildman–Crippen LogP) is 0.829. The van der Waals surface area contributed by atoms with Crippen molar-refractivity contribution in [1.29, 1.82) is 0 Å². The van der Waals surface area contributed by atoms with Gasteiger partial charge >= 0.3 is 0 Å². The molecule has 2 heterocycles. The van der Waals surface area contributed by atoms with Gasteiger partial charge in [-0.15, -0.1) is 0 Å². The molecule has 1 aliphatic rings. The van der Waals surface area contributed by atoms with Gasteiger partial charge in [-0.25, -0.2) is 9.66 Å². The molecule has 1 aromatic carbocycles. The molecule has 2 aromatic rings. The van der Waals surface area contributed by atoms with Crippen molar-refractivity contribution in [1.82, 2.24) is 14.6 Å². The largest absolute Gasteiger partial charge is 0.390 e. The van der Waals surface area contributed by atoms with E-state index in [2.05, 4.69) is 45.2 Å². The number of imidazole rings is 1. The SMILES string of the molecule is OCc1cncn1N1CCN(Cc2ccccc2)CC1. The van der Waals surface area contributed by atoms with Gasteiger partial charge in [0.1, 0.15) is 6.33 Å². The Kier molecular flexibility index (Phi) is 3.99. The summed E-state index contributed by atoms with van der Waals surface area (Å²) in [5.74, 6) is 0. The lowest BCUT2D eigenvalue weighted by atomic mass is 10.2.